The number of fused-ring (bicyclic) bond motifs is 1. The third-order valence-corrected chi connectivity index (χ3v) is 3.44. The quantitative estimate of drug-likeness (QED) is 0.774. The molecule has 1 aromatic heterocycles. The number of benzene rings is 1. The van der Waals surface area contributed by atoms with E-state index in [4.69, 9.17) is 10.5 Å². The van der Waals surface area contributed by atoms with Crippen LogP contribution in [0, 0.1) is 0 Å². The van der Waals surface area contributed by atoms with Gasteiger partial charge in [0.1, 0.15) is 5.82 Å². The molecule has 1 aliphatic heterocycles. The number of nitrogens with one attached hydrogen (secondary N) is 2. The molecule has 1 aromatic carbocycles. The summed E-state index contributed by atoms with van der Waals surface area (Å²) in [5.74, 6) is 0.313. The first kappa shape index (κ1) is 12.7. The predicted molar refractivity (Wildman–Crippen MR) is 73.7 cm³/mol. The first-order valence-corrected chi connectivity index (χ1v) is 6.50. The van der Waals surface area contributed by atoms with Crippen molar-refractivity contribution in [3.8, 4) is 0 Å². The molecule has 104 valence electrons. The minimum Gasteiger partial charge on any atom is -0.384 e. The van der Waals surface area contributed by atoms with Gasteiger partial charge in [-0.2, -0.15) is 5.10 Å². The van der Waals surface area contributed by atoms with E-state index >= 15 is 0 Å². The molecule has 6 nitrogen and oxygen atoms in total. The zero-order valence-corrected chi connectivity index (χ0v) is 10.9. The van der Waals surface area contributed by atoms with Crippen molar-refractivity contribution in [3.05, 3.63) is 47.2 Å². The number of aromatic nitrogens is 2. The van der Waals surface area contributed by atoms with Gasteiger partial charge in [0, 0.05) is 12.1 Å². The van der Waals surface area contributed by atoms with Gasteiger partial charge >= 0.3 is 0 Å². The van der Waals surface area contributed by atoms with Crippen LogP contribution in [0.25, 0.3) is 0 Å². The SMILES string of the molecule is Nc1[nH]ncc1CNC(=O)C1OCCc2ccccc21. The third-order valence-electron chi connectivity index (χ3n) is 3.44. The molecule has 20 heavy (non-hydrogen) atoms. The number of nitrogens with zero attached hydrogens (tertiary/aromatic N) is 1. The highest BCUT2D eigenvalue weighted by Crippen LogP contribution is 2.27. The Morgan fingerprint density at radius 3 is 3.15 bits per heavy atom. The smallest absolute Gasteiger partial charge is 0.254 e. The van der Waals surface area contributed by atoms with Gasteiger partial charge in [-0.15, -0.1) is 0 Å². The second-order valence-electron chi connectivity index (χ2n) is 4.73. The highest BCUT2D eigenvalue weighted by atomic mass is 16.5. The molecule has 0 bridgehead atoms. The summed E-state index contributed by atoms with van der Waals surface area (Å²) in [6, 6.07) is 7.87. The lowest BCUT2D eigenvalue weighted by Crippen LogP contribution is -2.33. The molecule has 1 amide bonds. The van der Waals surface area contributed by atoms with Crippen LogP contribution < -0.4 is 11.1 Å². The van der Waals surface area contributed by atoms with Gasteiger partial charge in [0.2, 0.25) is 0 Å². The number of nitrogens with two attached hydrogens (primary N) is 1. The maximum absolute atomic E-state index is 12.3. The number of aromatic amines is 1. The third kappa shape index (κ3) is 2.37. The summed E-state index contributed by atoms with van der Waals surface area (Å²) in [6.07, 6.45) is 1.90. The Labute approximate surface area is 116 Å². The van der Waals surface area contributed by atoms with Gasteiger partial charge in [0.25, 0.3) is 5.91 Å². The summed E-state index contributed by atoms with van der Waals surface area (Å²) < 4.78 is 5.60. The van der Waals surface area contributed by atoms with Gasteiger partial charge in [0.05, 0.1) is 12.8 Å². The number of anilines is 1. The molecule has 0 aliphatic carbocycles. The maximum Gasteiger partial charge on any atom is 0.254 e. The Hall–Kier alpha value is -2.34. The van der Waals surface area contributed by atoms with Crippen molar-refractivity contribution in [3.63, 3.8) is 0 Å². The van der Waals surface area contributed by atoms with Crippen molar-refractivity contribution >= 4 is 11.7 Å². The number of amides is 1. The molecule has 1 atom stereocenters. The summed E-state index contributed by atoms with van der Waals surface area (Å²) in [7, 11) is 0. The van der Waals surface area contributed by atoms with Crippen LogP contribution in [0.3, 0.4) is 0 Å². The number of H-pyrrole nitrogens is 1. The topological polar surface area (TPSA) is 93.0 Å². The molecule has 3 rings (SSSR count). The average Bonchev–Trinajstić information content (AvgIpc) is 2.89. The molecule has 1 unspecified atom stereocenters. The predicted octanol–water partition coefficient (Wildman–Crippen LogP) is 0.922. The standard InChI is InChI=1S/C14H16N4O2/c15-13-10(8-17-18-13)7-16-14(19)12-11-4-2-1-3-9(11)5-6-20-12/h1-4,8,12H,5-7H2,(H,16,19)(H3,15,17,18). The van der Waals surface area contributed by atoms with E-state index in [1.165, 1.54) is 5.56 Å². The summed E-state index contributed by atoms with van der Waals surface area (Å²) in [6.45, 7) is 0.895. The Kier molecular flexibility index (Phi) is 3.39. The number of hydrogen-bond acceptors (Lipinski definition) is 4. The Bertz CT molecular complexity index is 623. The van der Waals surface area contributed by atoms with Crippen LogP contribution in [0.15, 0.2) is 30.5 Å². The highest BCUT2D eigenvalue weighted by Gasteiger charge is 2.26. The second kappa shape index (κ2) is 5.34. The first-order chi connectivity index (χ1) is 9.75. The van der Waals surface area contributed by atoms with E-state index in [1.54, 1.807) is 6.20 Å². The highest BCUT2D eigenvalue weighted by molar-refractivity contribution is 5.83. The van der Waals surface area contributed by atoms with Crippen LogP contribution in [-0.2, 0) is 22.5 Å². The van der Waals surface area contributed by atoms with Crippen LogP contribution in [0.4, 0.5) is 5.82 Å². The number of hydrogen-bond donors (Lipinski definition) is 3. The number of ether oxygens (including phenoxy) is 1. The van der Waals surface area contributed by atoms with Gasteiger partial charge in [-0.25, -0.2) is 0 Å². The zero-order valence-electron chi connectivity index (χ0n) is 10.9. The molecule has 6 heteroatoms. The molecule has 4 N–H and O–H groups in total. The van der Waals surface area contributed by atoms with E-state index < -0.39 is 6.10 Å². The van der Waals surface area contributed by atoms with E-state index in [9.17, 15) is 4.79 Å². The summed E-state index contributed by atoms with van der Waals surface area (Å²) in [4.78, 5) is 12.3. The van der Waals surface area contributed by atoms with Crippen LogP contribution >= 0.6 is 0 Å². The second-order valence-corrected chi connectivity index (χ2v) is 4.73. The molecule has 2 aromatic rings. The molecule has 1 aliphatic rings. The van der Waals surface area contributed by atoms with E-state index in [0.29, 0.717) is 19.0 Å². The molecule has 0 spiro atoms. The molecular weight excluding hydrogens is 256 g/mol. The lowest BCUT2D eigenvalue weighted by molar-refractivity contribution is -0.134. The Morgan fingerprint density at radius 2 is 2.35 bits per heavy atom. The fourth-order valence-corrected chi connectivity index (χ4v) is 2.35. The van der Waals surface area contributed by atoms with Gasteiger partial charge < -0.3 is 15.8 Å². The molecular formula is C14H16N4O2. The van der Waals surface area contributed by atoms with Crippen LogP contribution in [0.1, 0.15) is 22.8 Å². The molecule has 0 radical (unpaired) electrons. The molecule has 2 heterocycles. The fourth-order valence-electron chi connectivity index (χ4n) is 2.35. The number of carbonyl (C=O) groups excluding carboxylic acids is 1. The summed E-state index contributed by atoms with van der Waals surface area (Å²) >= 11 is 0. The van der Waals surface area contributed by atoms with Crippen LogP contribution in [0.5, 0.6) is 0 Å². The lowest BCUT2D eigenvalue weighted by atomic mass is 9.97. The van der Waals surface area contributed by atoms with Crippen LogP contribution in [-0.4, -0.2) is 22.7 Å². The molecule has 0 saturated carbocycles. The fraction of sp³-hybridized carbons (Fsp3) is 0.286. The van der Waals surface area contributed by atoms with Crippen molar-refractivity contribution in [2.24, 2.45) is 0 Å². The number of nitrogen functional groups attached to an aromatic ring is 1. The lowest BCUT2D eigenvalue weighted by Gasteiger charge is -2.25. The zero-order chi connectivity index (χ0) is 13.9. The van der Waals surface area contributed by atoms with E-state index in [2.05, 4.69) is 15.5 Å². The first-order valence-electron chi connectivity index (χ1n) is 6.50. The largest absolute Gasteiger partial charge is 0.384 e. The van der Waals surface area contributed by atoms with E-state index in [-0.39, 0.29) is 5.91 Å². The van der Waals surface area contributed by atoms with Crippen molar-refractivity contribution in [2.75, 3.05) is 12.3 Å². The Balaban J connectivity index is 1.71. The monoisotopic (exact) mass is 272 g/mol. The van der Waals surface area contributed by atoms with Crippen molar-refractivity contribution in [2.45, 2.75) is 19.1 Å². The van der Waals surface area contributed by atoms with Crippen LogP contribution in [0.2, 0.25) is 0 Å². The molecule has 0 fully saturated rings. The Morgan fingerprint density at radius 1 is 1.50 bits per heavy atom. The van der Waals surface area contributed by atoms with Gasteiger partial charge in [-0.3, -0.25) is 9.89 Å². The van der Waals surface area contributed by atoms with Gasteiger partial charge in [-0.05, 0) is 17.5 Å². The minimum absolute atomic E-state index is 0.155. The van der Waals surface area contributed by atoms with Crippen molar-refractivity contribution in [1.82, 2.24) is 15.5 Å². The summed E-state index contributed by atoms with van der Waals surface area (Å²) in [5.41, 5.74) is 8.56. The van der Waals surface area contributed by atoms with E-state index in [1.807, 2.05) is 24.3 Å². The average molecular weight is 272 g/mol. The van der Waals surface area contributed by atoms with Crippen molar-refractivity contribution < 1.29 is 9.53 Å². The summed E-state index contributed by atoms with van der Waals surface area (Å²) in [5, 5.41) is 9.28. The normalized spacial score (nSPS) is 17.5. The minimum atomic E-state index is -0.548. The molecule has 0 saturated heterocycles. The number of rotatable bonds is 3. The van der Waals surface area contributed by atoms with Gasteiger partial charge in [0.15, 0.2) is 6.10 Å². The van der Waals surface area contributed by atoms with E-state index in [0.717, 1.165) is 17.5 Å². The number of carbonyl (C=O) groups is 1. The van der Waals surface area contributed by atoms with Crippen molar-refractivity contribution in [1.29, 1.82) is 0 Å². The maximum atomic E-state index is 12.3. The van der Waals surface area contributed by atoms with Gasteiger partial charge in [-0.1, -0.05) is 24.3 Å².